The van der Waals surface area contributed by atoms with Gasteiger partial charge in [-0.05, 0) is 27.0 Å². The maximum Gasteiger partial charge on any atom is 0.312 e. The van der Waals surface area contributed by atoms with E-state index in [1.54, 1.807) is 0 Å². The summed E-state index contributed by atoms with van der Waals surface area (Å²) >= 11 is 0. The van der Waals surface area contributed by atoms with E-state index in [4.69, 9.17) is 0 Å². The van der Waals surface area contributed by atoms with Gasteiger partial charge >= 0.3 is 5.97 Å². The number of methoxy groups -OCH3 is 1. The molecule has 1 atom stereocenters. The van der Waals surface area contributed by atoms with E-state index in [2.05, 4.69) is 23.5 Å². The lowest BCUT2D eigenvalue weighted by atomic mass is 10.2. The molecule has 76 valence electrons. The molecule has 0 N–H and O–H groups in total. The van der Waals surface area contributed by atoms with E-state index in [0.717, 1.165) is 13.1 Å². The van der Waals surface area contributed by atoms with Gasteiger partial charge in [0.1, 0.15) is 0 Å². The van der Waals surface area contributed by atoms with E-state index < -0.39 is 0 Å². The number of carbonyl (C=O) groups is 1. The molecule has 0 spiro atoms. The highest BCUT2D eigenvalue weighted by molar-refractivity contribution is 5.73. The van der Waals surface area contributed by atoms with E-state index in [0.29, 0.717) is 0 Å². The summed E-state index contributed by atoms with van der Waals surface area (Å²) in [5, 5.41) is 0. The zero-order chi connectivity index (χ0) is 10.3. The summed E-state index contributed by atoms with van der Waals surface area (Å²) in [5.74, 6) is -0.353. The average molecular weight is 185 g/mol. The van der Waals surface area contributed by atoms with E-state index in [9.17, 15) is 4.79 Å². The number of ether oxygens (including phenoxy) is 1. The molecule has 0 radical (unpaired) electrons. The second-order valence-corrected chi connectivity index (χ2v) is 2.87. The fourth-order valence-corrected chi connectivity index (χ4v) is 0.950. The van der Waals surface area contributed by atoms with Crippen LogP contribution < -0.4 is 0 Å². The Morgan fingerprint density at radius 2 is 2.00 bits per heavy atom. The maximum absolute atomic E-state index is 11.0. The lowest BCUT2D eigenvalue weighted by molar-refractivity contribution is -0.143. The van der Waals surface area contributed by atoms with Crippen LogP contribution in [0.1, 0.15) is 20.8 Å². The van der Waals surface area contributed by atoms with Crippen molar-refractivity contribution < 1.29 is 9.53 Å². The number of esters is 1. The average Bonchev–Trinajstić information content (AvgIpc) is 2.17. The highest BCUT2D eigenvalue weighted by atomic mass is 16.5. The molecule has 0 fully saturated rings. The molecule has 0 rings (SSSR count). The third kappa shape index (κ3) is 4.55. The zero-order valence-electron chi connectivity index (χ0n) is 8.91. The topological polar surface area (TPSA) is 29.5 Å². The van der Waals surface area contributed by atoms with Crippen molar-refractivity contribution in [2.45, 2.75) is 20.8 Å². The second kappa shape index (κ2) is 6.52. The molecule has 0 unspecified atom stereocenters. The van der Waals surface area contributed by atoms with Crippen LogP contribution in [0.4, 0.5) is 0 Å². The van der Waals surface area contributed by atoms with Gasteiger partial charge in [0.25, 0.3) is 0 Å². The Morgan fingerprint density at radius 1 is 1.46 bits per heavy atom. The maximum atomic E-state index is 11.0. The number of carbonyl (C=O) groups excluding carboxylic acids is 1. The Labute approximate surface area is 80.4 Å². The van der Waals surface area contributed by atoms with Crippen LogP contribution in [0.25, 0.3) is 0 Å². The van der Waals surface area contributed by atoms with Gasteiger partial charge in [-0.15, -0.1) is 0 Å². The lowest BCUT2D eigenvalue weighted by Crippen LogP contribution is -2.17. The van der Waals surface area contributed by atoms with Crippen LogP contribution in [0, 0.1) is 5.92 Å². The molecule has 0 aliphatic rings. The van der Waals surface area contributed by atoms with Crippen LogP contribution >= 0.6 is 0 Å². The van der Waals surface area contributed by atoms with Crippen molar-refractivity contribution in [2.24, 2.45) is 5.92 Å². The lowest BCUT2D eigenvalue weighted by Gasteiger charge is -2.15. The van der Waals surface area contributed by atoms with Crippen molar-refractivity contribution in [1.82, 2.24) is 4.90 Å². The minimum absolute atomic E-state index is 0.161. The first kappa shape index (κ1) is 12.0. The second-order valence-electron chi connectivity index (χ2n) is 2.87. The highest BCUT2D eigenvalue weighted by Gasteiger charge is 2.08. The van der Waals surface area contributed by atoms with Crippen molar-refractivity contribution in [3.05, 3.63) is 12.3 Å². The van der Waals surface area contributed by atoms with Gasteiger partial charge in [-0.2, -0.15) is 0 Å². The third-order valence-electron chi connectivity index (χ3n) is 1.97. The molecule has 0 aliphatic carbocycles. The fourth-order valence-electron chi connectivity index (χ4n) is 0.950. The van der Waals surface area contributed by atoms with Gasteiger partial charge < -0.3 is 9.64 Å². The van der Waals surface area contributed by atoms with Crippen LogP contribution in [0.3, 0.4) is 0 Å². The Balaban J connectivity index is 4.01. The molecule has 0 bridgehead atoms. The molecule has 13 heavy (non-hydrogen) atoms. The van der Waals surface area contributed by atoms with Crippen LogP contribution in [-0.4, -0.2) is 31.1 Å². The van der Waals surface area contributed by atoms with Gasteiger partial charge in [0, 0.05) is 13.1 Å². The van der Waals surface area contributed by atoms with Crippen molar-refractivity contribution in [3.8, 4) is 0 Å². The molecule has 3 nitrogen and oxygen atoms in total. The molecular weight excluding hydrogens is 166 g/mol. The Kier molecular flexibility index (Phi) is 6.02. The summed E-state index contributed by atoms with van der Waals surface area (Å²) in [6, 6.07) is 0. The van der Waals surface area contributed by atoms with Crippen molar-refractivity contribution in [2.75, 3.05) is 20.2 Å². The van der Waals surface area contributed by atoms with Gasteiger partial charge in [-0.3, -0.25) is 4.79 Å². The first-order valence-corrected chi connectivity index (χ1v) is 4.65. The van der Waals surface area contributed by atoms with Crippen LogP contribution in [-0.2, 0) is 9.53 Å². The molecule has 3 heteroatoms. The molecule has 0 amide bonds. The number of rotatable bonds is 5. The summed E-state index contributed by atoms with van der Waals surface area (Å²) in [5.41, 5.74) is 0. The molecular formula is C10H19NO2. The first-order chi connectivity index (χ1) is 6.15. The van der Waals surface area contributed by atoms with Gasteiger partial charge in [-0.1, -0.05) is 6.08 Å². The van der Waals surface area contributed by atoms with Crippen LogP contribution in [0.15, 0.2) is 12.3 Å². The first-order valence-electron chi connectivity index (χ1n) is 4.65. The largest absolute Gasteiger partial charge is 0.469 e. The van der Waals surface area contributed by atoms with E-state index in [1.807, 2.05) is 19.2 Å². The molecule has 0 aromatic carbocycles. The summed E-state index contributed by atoms with van der Waals surface area (Å²) in [4.78, 5) is 13.1. The summed E-state index contributed by atoms with van der Waals surface area (Å²) in [6.45, 7) is 7.90. The quantitative estimate of drug-likeness (QED) is 0.610. The molecule has 0 saturated carbocycles. The standard InChI is InChI=1S/C10H19NO2/c1-5-11(6-2)8-7-9(3)10(12)13-4/h7-9H,5-6H2,1-4H3/t9-/m1/s1. The number of nitrogens with zero attached hydrogens (tertiary/aromatic N) is 1. The molecule has 0 aromatic heterocycles. The normalized spacial score (nSPS) is 12.9. The number of hydrogen-bond acceptors (Lipinski definition) is 3. The van der Waals surface area contributed by atoms with Crippen molar-refractivity contribution >= 4 is 5.97 Å². The molecule has 0 aliphatic heterocycles. The van der Waals surface area contributed by atoms with E-state index in [1.165, 1.54) is 7.11 Å². The number of hydrogen-bond donors (Lipinski definition) is 0. The summed E-state index contributed by atoms with van der Waals surface area (Å²) < 4.78 is 4.60. The van der Waals surface area contributed by atoms with Gasteiger partial charge in [0.2, 0.25) is 0 Å². The molecule has 0 aromatic rings. The highest BCUT2D eigenvalue weighted by Crippen LogP contribution is 2.01. The Hall–Kier alpha value is -0.990. The zero-order valence-corrected chi connectivity index (χ0v) is 8.91. The smallest absolute Gasteiger partial charge is 0.312 e. The fraction of sp³-hybridized carbons (Fsp3) is 0.700. The SMILES string of the molecule is CCN(C=C[C@@H](C)C(=O)OC)CC. The van der Waals surface area contributed by atoms with Gasteiger partial charge in [0.05, 0.1) is 13.0 Å². The van der Waals surface area contributed by atoms with E-state index >= 15 is 0 Å². The van der Waals surface area contributed by atoms with Crippen LogP contribution in [0.2, 0.25) is 0 Å². The Bertz CT molecular complexity index is 174. The molecule has 0 saturated heterocycles. The predicted octanol–water partition coefficient (Wildman–Crippen LogP) is 1.65. The van der Waals surface area contributed by atoms with Gasteiger partial charge in [-0.25, -0.2) is 0 Å². The minimum Gasteiger partial charge on any atom is -0.469 e. The van der Waals surface area contributed by atoms with Crippen LogP contribution in [0.5, 0.6) is 0 Å². The predicted molar refractivity (Wildman–Crippen MR) is 53.2 cm³/mol. The molecule has 0 heterocycles. The Morgan fingerprint density at radius 3 is 2.38 bits per heavy atom. The van der Waals surface area contributed by atoms with Gasteiger partial charge in [0.15, 0.2) is 0 Å². The van der Waals surface area contributed by atoms with E-state index in [-0.39, 0.29) is 11.9 Å². The summed E-state index contributed by atoms with van der Waals surface area (Å²) in [7, 11) is 1.41. The minimum atomic E-state index is -0.191. The summed E-state index contributed by atoms with van der Waals surface area (Å²) in [6.07, 6.45) is 3.81. The van der Waals surface area contributed by atoms with Crippen molar-refractivity contribution in [3.63, 3.8) is 0 Å². The monoisotopic (exact) mass is 185 g/mol. The van der Waals surface area contributed by atoms with Crippen molar-refractivity contribution in [1.29, 1.82) is 0 Å². The third-order valence-corrected chi connectivity index (χ3v) is 1.97.